The summed E-state index contributed by atoms with van der Waals surface area (Å²) in [7, 11) is 0. The molecule has 1 rings (SSSR count). The van der Waals surface area contributed by atoms with E-state index in [1.165, 1.54) is 0 Å². The second-order valence-electron chi connectivity index (χ2n) is 1.92. The minimum Gasteiger partial charge on any atom is -0.379 e. The van der Waals surface area contributed by atoms with Crippen LogP contribution in [0.3, 0.4) is 0 Å². The Morgan fingerprint density at radius 1 is 1.67 bits per heavy atom. The van der Waals surface area contributed by atoms with Crippen LogP contribution < -0.4 is 5.32 Å². The fourth-order valence-corrected chi connectivity index (χ4v) is 0.472. The fourth-order valence-electron chi connectivity index (χ4n) is 0.472. The number of amides is 1. The molecule has 0 atom stereocenters. The van der Waals surface area contributed by atoms with Crippen molar-refractivity contribution in [1.29, 1.82) is 0 Å². The number of carbonyl (C=O) groups is 2. The molecule has 9 heavy (non-hydrogen) atoms. The van der Waals surface area contributed by atoms with Crippen molar-refractivity contribution in [1.82, 2.24) is 5.32 Å². The first-order valence-electron chi connectivity index (χ1n) is 2.73. The lowest BCUT2D eigenvalue weighted by Crippen LogP contribution is -2.25. The molecule has 0 aromatic heterocycles. The summed E-state index contributed by atoms with van der Waals surface area (Å²) in [6, 6.07) is 0.248. The second-order valence-corrected chi connectivity index (χ2v) is 1.92. The first kappa shape index (κ1) is 6.07. The molecule has 0 aromatic carbocycles. The van der Waals surface area contributed by atoms with Crippen LogP contribution in [0.1, 0.15) is 12.8 Å². The van der Waals surface area contributed by atoms with Crippen LogP contribution in [0.4, 0.5) is 4.79 Å². The Bertz CT molecular complexity index is 130. The van der Waals surface area contributed by atoms with Gasteiger partial charge in [-0.25, -0.2) is 4.79 Å². The smallest absolute Gasteiger partial charge is 0.379 e. The highest BCUT2D eigenvalue weighted by atomic mass is 16.6. The van der Waals surface area contributed by atoms with Gasteiger partial charge in [-0.3, -0.25) is 4.79 Å². The quantitative estimate of drug-likeness (QED) is 0.422. The van der Waals surface area contributed by atoms with Crippen molar-refractivity contribution in [3.63, 3.8) is 0 Å². The maximum Gasteiger partial charge on any atom is 0.414 e. The van der Waals surface area contributed by atoms with Crippen LogP contribution >= 0.6 is 0 Å². The number of alkyl carbamates (subject to hydrolysis) is 1. The van der Waals surface area contributed by atoms with Gasteiger partial charge < -0.3 is 10.1 Å². The van der Waals surface area contributed by atoms with Crippen molar-refractivity contribution in [2.75, 3.05) is 0 Å². The van der Waals surface area contributed by atoms with E-state index in [0.29, 0.717) is 0 Å². The molecule has 0 unspecified atom stereocenters. The third-order valence-electron chi connectivity index (χ3n) is 1.05. The molecular weight excluding hydrogens is 122 g/mol. The first-order chi connectivity index (χ1) is 4.33. The van der Waals surface area contributed by atoms with Gasteiger partial charge in [0.25, 0.3) is 0 Å². The summed E-state index contributed by atoms with van der Waals surface area (Å²) in [6.45, 7) is 0.123. The van der Waals surface area contributed by atoms with Crippen molar-refractivity contribution in [3.05, 3.63) is 0 Å². The number of carbonyl (C=O) groups excluding carboxylic acids is 2. The predicted molar refractivity (Wildman–Crippen MR) is 28.7 cm³/mol. The van der Waals surface area contributed by atoms with E-state index in [4.69, 9.17) is 0 Å². The van der Waals surface area contributed by atoms with Crippen LogP contribution in [0.25, 0.3) is 0 Å². The van der Waals surface area contributed by atoms with Crippen LogP contribution in [0.15, 0.2) is 0 Å². The summed E-state index contributed by atoms with van der Waals surface area (Å²) >= 11 is 0. The van der Waals surface area contributed by atoms with E-state index < -0.39 is 6.09 Å². The van der Waals surface area contributed by atoms with E-state index in [2.05, 4.69) is 10.1 Å². The molecular formula is C5H7NO3. The molecule has 4 heteroatoms. The highest BCUT2D eigenvalue weighted by Crippen LogP contribution is 2.18. The Labute approximate surface area is 52.2 Å². The Morgan fingerprint density at radius 2 is 2.33 bits per heavy atom. The van der Waals surface area contributed by atoms with E-state index in [0.717, 1.165) is 12.8 Å². The predicted octanol–water partition coefficient (Wildman–Crippen LogP) is 0.0314. The van der Waals surface area contributed by atoms with Gasteiger partial charge in [-0.05, 0) is 12.8 Å². The summed E-state index contributed by atoms with van der Waals surface area (Å²) in [5, 5.41) is 2.46. The lowest BCUT2D eigenvalue weighted by molar-refractivity contribution is -0.123. The summed E-state index contributed by atoms with van der Waals surface area (Å²) in [6.07, 6.45) is 1.34. The summed E-state index contributed by atoms with van der Waals surface area (Å²) in [5.74, 6) is 0. The second kappa shape index (κ2) is 2.48. The van der Waals surface area contributed by atoms with Crippen molar-refractivity contribution >= 4 is 12.6 Å². The molecule has 1 aliphatic carbocycles. The molecule has 1 N–H and O–H groups in total. The van der Waals surface area contributed by atoms with Gasteiger partial charge in [-0.2, -0.15) is 0 Å². The molecule has 0 bridgehead atoms. The summed E-state index contributed by atoms with van der Waals surface area (Å²) in [4.78, 5) is 19.9. The van der Waals surface area contributed by atoms with Gasteiger partial charge >= 0.3 is 12.6 Å². The number of ether oxygens (including phenoxy) is 1. The van der Waals surface area contributed by atoms with E-state index >= 15 is 0 Å². The van der Waals surface area contributed by atoms with Gasteiger partial charge in [0.1, 0.15) is 0 Å². The average molecular weight is 129 g/mol. The maximum atomic E-state index is 10.3. The third kappa shape index (κ3) is 2.12. The van der Waals surface area contributed by atoms with Gasteiger partial charge in [-0.1, -0.05) is 0 Å². The van der Waals surface area contributed by atoms with Crippen molar-refractivity contribution in [2.45, 2.75) is 18.9 Å². The van der Waals surface area contributed by atoms with Crippen molar-refractivity contribution in [3.8, 4) is 0 Å². The lowest BCUT2D eigenvalue weighted by atomic mass is 10.7. The SMILES string of the molecule is O=COC(=O)NC1CC1. The summed E-state index contributed by atoms with van der Waals surface area (Å²) < 4.78 is 3.96. The third-order valence-corrected chi connectivity index (χ3v) is 1.05. The molecule has 0 spiro atoms. The average Bonchev–Trinajstić information content (AvgIpc) is 2.50. The van der Waals surface area contributed by atoms with Gasteiger partial charge in [0, 0.05) is 6.04 Å². The van der Waals surface area contributed by atoms with E-state index in [-0.39, 0.29) is 12.5 Å². The monoisotopic (exact) mass is 129 g/mol. The van der Waals surface area contributed by atoms with Crippen LogP contribution in [-0.4, -0.2) is 18.6 Å². The van der Waals surface area contributed by atoms with Crippen molar-refractivity contribution < 1.29 is 14.3 Å². The number of rotatable bonds is 2. The Balaban J connectivity index is 2.09. The highest BCUT2D eigenvalue weighted by molar-refractivity contribution is 5.75. The Hall–Kier alpha value is -1.06. The molecule has 1 fully saturated rings. The number of hydrogen-bond acceptors (Lipinski definition) is 3. The zero-order valence-electron chi connectivity index (χ0n) is 4.79. The first-order valence-corrected chi connectivity index (χ1v) is 2.73. The largest absolute Gasteiger partial charge is 0.414 e. The van der Waals surface area contributed by atoms with Gasteiger partial charge in [0.2, 0.25) is 0 Å². The molecule has 50 valence electrons. The molecule has 1 aliphatic rings. The van der Waals surface area contributed by atoms with Crippen LogP contribution in [0.2, 0.25) is 0 Å². The van der Waals surface area contributed by atoms with Crippen LogP contribution in [-0.2, 0) is 9.53 Å². The molecule has 1 amide bonds. The molecule has 0 heterocycles. The molecule has 4 nitrogen and oxygen atoms in total. The van der Waals surface area contributed by atoms with E-state index in [9.17, 15) is 9.59 Å². The number of nitrogens with one attached hydrogen (secondary N) is 1. The number of hydrogen-bond donors (Lipinski definition) is 1. The Kier molecular flexibility index (Phi) is 1.67. The minimum atomic E-state index is -0.646. The maximum absolute atomic E-state index is 10.3. The minimum absolute atomic E-state index is 0.123. The van der Waals surface area contributed by atoms with Crippen molar-refractivity contribution in [2.24, 2.45) is 0 Å². The van der Waals surface area contributed by atoms with Gasteiger partial charge in [0.05, 0.1) is 0 Å². The zero-order chi connectivity index (χ0) is 6.69. The van der Waals surface area contributed by atoms with Crippen LogP contribution in [0, 0.1) is 0 Å². The van der Waals surface area contributed by atoms with E-state index in [1.807, 2.05) is 0 Å². The summed E-state index contributed by atoms with van der Waals surface area (Å²) in [5.41, 5.74) is 0. The van der Waals surface area contributed by atoms with Gasteiger partial charge in [0.15, 0.2) is 0 Å². The zero-order valence-corrected chi connectivity index (χ0v) is 4.79. The lowest BCUT2D eigenvalue weighted by Gasteiger charge is -1.96. The molecule has 0 saturated heterocycles. The Morgan fingerprint density at radius 3 is 2.78 bits per heavy atom. The molecule has 0 radical (unpaired) electrons. The molecule has 0 aromatic rings. The highest BCUT2D eigenvalue weighted by Gasteiger charge is 2.23. The van der Waals surface area contributed by atoms with E-state index in [1.54, 1.807) is 0 Å². The van der Waals surface area contributed by atoms with Gasteiger partial charge in [-0.15, -0.1) is 0 Å². The normalized spacial score (nSPS) is 16.4. The standard InChI is InChI=1S/C5H7NO3/c7-3-9-5(8)6-4-1-2-4/h3-4H,1-2H2,(H,6,8). The fraction of sp³-hybridized carbons (Fsp3) is 0.600. The molecule has 1 saturated carbocycles. The van der Waals surface area contributed by atoms with Crippen LogP contribution in [0.5, 0.6) is 0 Å². The topological polar surface area (TPSA) is 55.4 Å². The molecule has 0 aliphatic heterocycles.